The van der Waals surface area contributed by atoms with Gasteiger partial charge in [0.1, 0.15) is 29.9 Å². The monoisotopic (exact) mass is 603 g/mol. The second-order valence-corrected chi connectivity index (χ2v) is 11.8. The van der Waals surface area contributed by atoms with E-state index in [2.05, 4.69) is 5.32 Å². The quantitative estimate of drug-likeness (QED) is 0.228. The highest BCUT2D eigenvalue weighted by molar-refractivity contribution is 7.92. The van der Waals surface area contributed by atoms with Crippen LogP contribution in [0.15, 0.2) is 109 Å². The first-order valence-corrected chi connectivity index (χ1v) is 15.7. The smallest absolute Gasteiger partial charge is 0.244 e. The van der Waals surface area contributed by atoms with E-state index in [9.17, 15) is 22.4 Å². The Hall–Kier alpha value is -4.70. The van der Waals surface area contributed by atoms with Gasteiger partial charge >= 0.3 is 0 Å². The Kier molecular flexibility index (Phi) is 10.5. The molecular formula is C33H34FN3O5S. The Labute approximate surface area is 251 Å². The van der Waals surface area contributed by atoms with Crippen molar-refractivity contribution in [2.24, 2.45) is 0 Å². The molecule has 224 valence electrons. The van der Waals surface area contributed by atoms with E-state index in [1.54, 1.807) is 49.4 Å². The Bertz CT molecular complexity index is 1620. The van der Waals surface area contributed by atoms with Gasteiger partial charge in [0.25, 0.3) is 0 Å². The van der Waals surface area contributed by atoms with Crippen LogP contribution < -0.4 is 14.4 Å². The van der Waals surface area contributed by atoms with Gasteiger partial charge in [-0.1, -0.05) is 66.7 Å². The maximum absolute atomic E-state index is 14.8. The molecule has 1 N–H and O–H groups in total. The number of likely N-dealkylation sites (N-methyl/N-ethyl adjacent to an activating group) is 1. The standard InChI is InChI=1S/C33H34FN3O5S/c1-3-35-33(39)31(22-25-12-6-4-7-13-25)36(23-26-14-10-11-17-30(26)34)32(38)24-37(43(2,40)41)27-18-20-29(21-19-27)42-28-15-8-5-9-16-28/h4-21,31H,3,22-24H2,1-2H3,(H,35,39)/t31-/m1/s1. The van der Waals surface area contributed by atoms with Crippen LogP contribution in [0.1, 0.15) is 18.1 Å². The minimum absolute atomic E-state index is 0.150. The van der Waals surface area contributed by atoms with Gasteiger partial charge in [-0.05, 0) is 55.0 Å². The van der Waals surface area contributed by atoms with Crippen LogP contribution in [0.25, 0.3) is 0 Å². The van der Waals surface area contributed by atoms with Crippen LogP contribution in [0.5, 0.6) is 11.5 Å². The molecule has 0 aliphatic carbocycles. The van der Waals surface area contributed by atoms with Crippen LogP contribution in [0.4, 0.5) is 10.1 Å². The maximum Gasteiger partial charge on any atom is 0.244 e. The molecule has 0 saturated carbocycles. The van der Waals surface area contributed by atoms with E-state index in [0.717, 1.165) is 16.1 Å². The molecule has 4 aromatic carbocycles. The van der Waals surface area contributed by atoms with E-state index < -0.39 is 40.2 Å². The molecule has 0 fully saturated rings. The van der Waals surface area contributed by atoms with E-state index >= 15 is 0 Å². The van der Waals surface area contributed by atoms with E-state index in [4.69, 9.17) is 4.74 Å². The van der Waals surface area contributed by atoms with E-state index in [-0.39, 0.29) is 24.2 Å². The number of rotatable bonds is 13. The molecule has 8 nitrogen and oxygen atoms in total. The molecule has 0 bridgehead atoms. The van der Waals surface area contributed by atoms with E-state index in [0.29, 0.717) is 18.0 Å². The number of anilines is 1. The number of hydrogen-bond acceptors (Lipinski definition) is 5. The molecule has 1 atom stereocenters. The summed E-state index contributed by atoms with van der Waals surface area (Å²) < 4.78 is 47.5. The van der Waals surface area contributed by atoms with Crippen molar-refractivity contribution in [2.75, 3.05) is 23.7 Å². The number of halogens is 1. The summed E-state index contributed by atoms with van der Waals surface area (Å²) in [5.41, 5.74) is 1.23. The molecule has 43 heavy (non-hydrogen) atoms. The minimum atomic E-state index is -3.94. The predicted octanol–water partition coefficient (Wildman–Crippen LogP) is 5.16. The molecule has 10 heteroatoms. The third kappa shape index (κ3) is 8.65. The molecule has 4 aromatic rings. The fourth-order valence-corrected chi connectivity index (χ4v) is 5.42. The number of para-hydroxylation sites is 1. The Balaban J connectivity index is 1.67. The second kappa shape index (κ2) is 14.5. The van der Waals surface area contributed by atoms with Gasteiger partial charge in [-0.25, -0.2) is 12.8 Å². The molecular weight excluding hydrogens is 569 g/mol. The van der Waals surface area contributed by atoms with Gasteiger partial charge in [-0.3, -0.25) is 13.9 Å². The number of ether oxygens (including phenoxy) is 1. The van der Waals surface area contributed by atoms with E-state index in [1.165, 1.54) is 23.1 Å². The van der Waals surface area contributed by atoms with Crippen molar-refractivity contribution < 1.29 is 27.1 Å². The second-order valence-electron chi connectivity index (χ2n) is 9.89. The van der Waals surface area contributed by atoms with Crippen molar-refractivity contribution in [1.82, 2.24) is 10.2 Å². The summed E-state index contributed by atoms with van der Waals surface area (Å²) in [6, 6.07) is 29.5. The molecule has 0 aliphatic heterocycles. The first-order chi connectivity index (χ1) is 20.7. The minimum Gasteiger partial charge on any atom is -0.457 e. The summed E-state index contributed by atoms with van der Waals surface area (Å²) >= 11 is 0. The molecule has 4 rings (SSSR count). The summed E-state index contributed by atoms with van der Waals surface area (Å²) in [4.78, 5) is 28.6. The first-order valence-electron chi connectivity index (χ1n) is 13.8. The first kappa shape index (κ1) is 31.2. The van der Waals surface area contributed by atoms with E-state index in [1.807, 2.05) is 48.5 Å². The van der Waals surface area contributed by atoms with Crippen molar-refractivity contribution in [1.29, 1.82) is 0 Å². The zero-order valence-corrected chi connectivity index (χ0v) is 24.8. The number of amides is 2. The van der Waals surface area contributed by atoms with Crippen LogP contribution in [-0.4, -0.2) is 50.5 Å². The van der Waals surface area contributed by atoms with Gasteiger partial charge in [0.05, 0.1) is 11.9 Å². The highest BCUT2D eigenvalue weighted by Gasteiger charge is 2.33. The third-order valence-corrected chi connectivity index (χ3v) is 7.84. The predicted molar refractivity (Wildman–Crippen MR) is 165 cm³/mol. The average molecular weight is 604 g/mol. The maximum atomic E-state index is 14.8. The average Bonchev–Trinajstić information content (AvgIpc) is 2.99. The van der Waals surface area contributed by atoms with Gasteiger partial charge < -0.3 is 15.0 Å². The fraction of sp³-hybridized carbons (Fsp3) is 0.212. The van der Waals surface area contributed by atoms with Crippen molar-refractivity contribution in [3.8, 4) is 11.5 Å². The highest BCUT2D eigenvalue weighted by Crippen LogP contribution is 2.26. The number of benzene rings is 4. The zero-order chi connectivity index (χ0) is 30.8. The number of nitrogens with one attached hydrogen (secondary N) is 1. The number of nitrogens with zero attached hydrogens (tertiary/aromatic N) is 2. The molecule has 0 aromatic heterocycles. The van der Waals surface area contributed by atoms with Crippen molar-refractivity contribution in [2.45, 2.75) is 25.9 Å². The lowest BCUT2D eigenvalue weighted by Gasteiger charge is -2.33. The molecule has 0 spiro atoms. The SMILES string of the molecule is CCNC(=O)[C@@H](Cc1ccccc1)N(Cc1ccccc1F)C(=O)CN(c1ccc(Oc2ccccc2)cc1)S(C)(=O)=O. The van der Waals surface area contributed by atoms with Crippen molar-refractivity contribution in [3.63, 3.8) is 0 Å². The molecule has 0 radical (unpaired) electrons. The Morgan fingerprint density at radius 2 is 1.42 bits per heavy atom. The summed E-state index contributed by atoms with van der Waals surface area (Å²) in [6.07, 6.45) is 1.15. The topological polar surface area (TPSA) is 96.0 Å². The molecule has 0 heterocycles. The molecule has 2 amide bonds. The van der Waals surface area contributed by atoms with Crippen LogP contribution in [0.2, 0.25) is 0 Å². The molecule has 0 saturated heterocycles. The Morgan fingerprint density at radius 3 is 2.02 bits per heavy atom. The van der Waals surface area contributed by atoms with Gasteiger partial charge in [-0.15, -0.1) is 0 Å². The summed E-state index contributed by atoms with van der Waals surface area (Å²) in [6.45, 7) is 1.24. The largest absolute Gasteiger partial charge is 0.457 e. The van der Waals surface area contributed by atoms with Crippen LogP contribution in [0.3, 0.4) is 0 Å². The van der Waals surface area contributed by atoms with Crippen LogP contribution in [-0.2, 0) is 32.6 Å². The molecule has 0 unspecified atom stereocenters. The highest BCUT2D eigenvalue weighted by atomic mass is 32.2. The van der Waals surface area contributed by atoms with Crippen LogP contribution in [0, 0.1) is 5.82 Å². The van der Waals surface area contributed by atoms with Crippen LogP contribution >= 0.6 is 0 Å². The lowest BCUT2D eigenvalue weighted by atomic mass is 10.0. The van der Waals surface area contributed by atoms with Gasteiger partial charge in [-0.2, -0.15) is 0 Å². The third-order valence-electron chi connectivity index (χ3n) is 6.70. The normalized spacial score (nSPS) is 11.8. The summed E-state index contributed by atoms with van der Waals surface area (Å²) in [7, 11) is -3.94. The number of hydrogen-bond donors (Lipinski definition) is 1. The molecule has 0 aliphatic rings. The summed E-state index contributed by atoms with van der Waals surface area (Å²) in [5, 5.41) is 2.77. The number of carbonyl (C=O) groups is 2. The Morgan fingerprint density at radius 1 is 0.837 bits per heavy atom. The zero-order valence-electron chi connectivity index (χ0n) is 24.0. The van der Waals surface area contributed by atoms with Crippen molar-refractivity contribution >= 4 is 27.5 Å². The summed E-state index contributed by atoms with van der Waals surface area (Å²) in [5.74, 6) is -0.530. The lowest BCUT2D eigenvalue weighted by molar-refractivity contribution is -0.140. The van der Waals surface area contributed by atoms with Crippen molar-refractivity contribution in [3.05, 3.63) is 126 Å². The lowest BCUT2D eigenvalue weighted by Crippen LogP contribution is -2.53. The van der Waals surface area contributed by atoms with Gasteiger partial charge in [0, 0.05) is 25.1 Å². The number of carbonyl (C=O) groups excluding carboxylic acids is 2. The van der Waals surface area contributed by atoms with Gasteiger partial charge in [0.15, 0.2) is 0 Å². The fourth-order valence-electron chi connectivity index (χ4n) is 4.57. The van der Waals surface area contributed by atoms with Gasteiger partial charge in [0.2, 0.25) is 21.8 Å². The number of sulfonamides is 1.